The SMILES string of the molecule is CC(C)N1CCCN(CCN2CCCC2)CC1. The van der Waals surface area contributed by atoms with Gasteiger partial charge in [0, 0.05) is 32.2 Å². The van der Waals surface area contributed by atoms with Crippen LogP contribution < -0.4 is 0 Å². The predicted molar refractivity (Wildman–Crippen MR) is 73.4 cm³/mol. The van der Waals surface area contributed by atoms with Crippen molar-refractivity contribution in [3.8, 4) is 0 Å². The van der Waals surface area contributed by atoms with Gasteiger partial charge in [-0.2, -0.15) is 0 Å². The van der Waals surface area contributed by atoms with Crippen molar-refractivity contribution in [2.45, 2.75) is 39.2 Å². The van der Waals surface area contributed by atoms with Crippen LogP contribution in [0.15, 0.2) is 0 Å². The Morgan fingerprint density at radius 1 is 0.706 bits per heavy atom. The summed E-state index contributed by atoms with van der Waals surface area (Å²) < 4.78 is 0. The van der Waals surface area contributed by atoms with Crippen LogP contribution >= 0.6 is 0 Å². The van der Waals surface area contributed by atoms with Crippen LogP contribution in [-0.4, -0.2) is 73.1 Å². The van der Waals surface area contributed by atoms with Gasteiger partial charge in [0.05, 0.1) is 0 Å². The van der Waals surface area contributed by atoms with Crippen LogP contribution in [0.3, 0.4) is 0 Å². The fourth-order valence-corrected chi connectivity index (χ4v) is 3.02. The molecule has 2 rings (SSSR count). The maximum atomic E-state index is 2.67. The predicted octanol–water partition coefficient (Wildman–Crippen LogP) is 1.50. The first-order chi connectivity index (χ1) is 8.25. The Kier molecular flexibility index (Phi) is 5.26. The molecule has 0 radical (unpaired) electrons. The summed E-state index contributed by atoms with van der Waals surface area (Å²) in [6, 6.07) is 0.716. The number of nitrogens with zero attached hydrogens (tertiary/aromatic N) is 3. The number of rotatable bonds is 4. The van der Waals surface area contributed by atoms with E-state index in [9.17, 15) is 0 Å². The topological polar surface area (TPSA) is 9.72 Å². The lowest BCUT2D eigenvalue weighted by molar-refractivity contribution is 0.207. The second-order valence-corrected chi connectivity index (χ2v) is 5.87. The third kappa shape index (κ3) is 4.23. The zero-order chi connectivity index (χ0) is 12.1. The molecule has 2 heterocycles. The second-order valence-electron chi connectivity index (χ2n) is 5.87. The van der Waals surface area contributed by atoms with Gasteiger partial charge in [0.15, 0.2) is 0 Å². The van der Waals surface area contributed by atoms with Crippen molar-refractivity contribution in [1.82, 2.24) is 14.7 Å². The molecule has 17 heavy (non-hydrogen) atoms. The molecule has 0 atom stereocenters. The van der Waals surface area contributed by atoms with Crippen LogP contribution in [-0.2, 0) is 0 Å². The number of hydrogen-bond acceptors (Lipinski definition) is 3. The Morgan fingerprint density at radius 3 is 1.94 bits per heavy atom. The van der Waals surface area contributed by atoms with E-state index < -0.39 is 0 Å². The van der Waals surface area contributed by atoms with Gasteiger partial charge >= 0.3 is 0 Å². The van der Waals surface area contributed by atoms with Gasteiger partial charge in [0.1, 0.15) is 0 Å². The molecule has 0 N–H and O–H groups in total. The number of likely N-dealkylation sites (tertiary alicyclic amines) is 1. The molecule has 0 aromatic carbocycles. The van der Waals surface area contributed by atoms with Gasteiger partial charge in [-0.15, -0.1) is 0 Å². The fraction of sp³-hybridized carbons (Fsp3) is 1.00. The van der Waals surface area contributed by atoms with Crippen molar-refractivity contribution in [2.24, 2.45) is 0 Å². The molecule has 2 saturated heterocycles. The normalized spacial score (nSPS) is 25.6. The molecule has 0 amide bonds. The third-order valence-electron chi connectivity index (χ3n) is 4.28. The van der Waals surface area contributed by atoms with E-state index in [1.54, 1.807) is 0 Å². The van der Waals surface area contributed by atoms with Crippen molar-refractivity contribution in [2.75, 3.05) is 52.4 Å². The van der Waals surface area contributed by atoms with Gasteiger partial charge in [-0.1, -0.05) is 0 Å². The van der Waals surface area contributed by atoms with Gasteiger partial charge in [-0.05, 0) is 59.3 Å². The minimum absolute atomic E-state index is 0.716. The maximum absolute atomic E-state index is 2.67. The summed E-state index contributed by atoms with van der Waals surface area (Å²) in [5.74, 6) is 0. The Balaban J connectivity index is 1.67. The average Bonchev–Trinajstić information content (AvgIpc) is 2.70. The summed E-state index contributed by atoms with van der Waals surface area (Å²) in [5.41, 5.74) is 0. The van der Waals surface area contributed by atoms with Crippen LogP contribution in [0, 0.1) is 0 Å². The highest BCUT2D eigenvalue weighted by Crippen LogP contribution is 2.09. The average molecular weight is 239 g/mol. The van der Waals surface area contributed by atoms with Gasteiger partial charge in [-0.25, -0.2) is 0 Å². The van der Waals surface area contributed by atoms with Crippen molar-refractivity contribution < 1.29 is 0 Å². The molecule has 2 aliphatic rings. The smallest absolute Gasteiger partial charge is 0.0112 e. The van der Waals surface area contributed by atoms with E-state index in [4.69, 9.17) is 0 Å². The lowest BCUT2D eigenvalue weighted by atomic mass is 10.3. The van der Waals surface area contributed by atoms with E-state index in [1.165, 1.54) is 71.6 Å². The van der Waals surface area contributed by atoms with Crippen molar-refractivity contribution in [3.63, 3.8) is 0 Å². The molecule has 2 aliphatic heterocycles. The fourth-order valence-electron chi connectivity index (χ4n) is 3.02. The summed E-state index contributed by atoms with van der Waals surface area (Å²) in [7, 11) is 0. The molecule has 0 bridgehead atoms. The highest BCUT2D eigenvalue weighted by Gasteiger charge is 2.18. The van der Waals surface area contributed by atoms with Crippen LogP contribution in [0.1, 0.15) is 33.1 Å². The van der Waals surface area contributed by atoms with E-state index in [2.05, 4.69) is 28.5 Å². The Bertz CT molecular complexity index is 212. The second kappa shape index (κ2) is 6.72. The van der Waals surface area contributed by atoms with Gasteiger partial charge in [0.25, 0.3) is 0 Å². The van der Waals surface area contributed by atoms with E-state index >= 15 is 0 Å². The highest BCUT2D eigenvalue weighted by molar-refractivity contribution is 4.74. The Hall–Kier alpha value is -0.120. The summed E-state index contributed by atoms with van der Waals surface area (Å²) >= 11 is 0. The highest BCUT2D eigenvalue weighted by atomic mass is 15.2. The van der Waals surface area contributed by atoms with Crippen molar-refractivity contribution >= 4 is 0 Å². The lowest BCUT2D eigenvalue weighted by Gasteiger charge is -2.25. The van der Waals surface area contributed by atoms with Crippen molar-refractivity contribution in [3.05, 3.63) is 0 Å². The minimum atomic E-state index is 0.716. The van der Waals surface area contributed by atoms with Gasteiger partial charge < -0.3 is 9.80 Å². The Labute approximate surface area is 107 Å². The minimum Gasteiger partial charge on any atom is -0.302 e. The van der Waals surface area contributed by atoms with Crippen LogP contribution in [0.25, 0.3) is 0 Å². The summed E-state index contributed by atoms with van der Waals surface area (Å²) in [6.45, 7) is 15.0. The molecule has 2 fully saturated rings. The molecule has 0 unspecified atom stereocenters. The van der Waals surface area contributed by atoms with Gasteiger partial charge in [-0.3, -0.25) is 4.90 Å². The van der Waals surface area contributed by atoms with E-state index in [-0.39, 0.29) is 0 Å². The number of hydrogen-bond donors (Lipinski definition) is 0. The van der Waals surface area contributed by atoms with Crippen LogP contribution in [0.2, 0.25) is 0 Å². The van der Waals surface area contributed by atoms with Crippen molar-refractivity contribution in [1.29, 1.82) is 0 Å². The van der Waals surface area contributed by atoms with E-state index in [1.807, 2.05) is 0 Å². The first-order valence-electron chi connectivity index (χ1n) is 7.44. The van der Waals surface area contributed by atoms with E-state index in [0.717, 1.165) is 0 Å². The first-order valence-corrected chi connectivity index (χ1v) is 7.44. The maximum Gasteiger partial charge on any atom is 0.0112 e. The molecule has 3 heteroatoms. The quantitative estimate of drug-likeness (QED) is 0.736. The largest absolute Gasteiger partial charge is 0.302 e. The zero-order valence-electron chi connectivity index (χ0n) is 11.7. The monoisotopic (exact) mass is 239 g/mol. The lowest BCUT2D eigenvalue weighted by Crippen LogP contribution is -2.37. The molecule has 0 aliphatic carbocycles. The zero-order valence-corrected chi connectivity index (χ0v) is 11.7. The first kappa shape index (κ1) is 13.3. The molecular formula is C14H29N3. The van der Waals surface area contributed by atoms with Crippen LogP contribution in [0.4, 0.5) is 0 Å². The molecule has 0 spiro atoms. The van der Waals surface area contributed by atoms with Gasteiger partial charge in [0.2, 0.25) is 0 Å². The summed E-state index contributed by atoms with van der Waals surface area (Å²) in [5, 5.41) is 0. The third-order valence-corrected chi connectivity index (χ3v) is 4.28. The molecule has 0 aromatic rings. The molecular weight excluding hydrogens is 210 g/mol. The standard InChI is InChI=1S/C14H29N3/c1-14(2)17-9-5-8-16(12-13-17)11-10-15-6-3-4-7-15/h14H,3-13H2,1-2H3. The molecule has 0 saturated carbocycles. The molecule has 0 aromatic heterocycles. The molecule has 100 valence electrons. The summed E-state index contributed by atoms with van der Waals surface area (Å²) in [4.78, 5) is 7.92. The Morgan fingerprint density at radius 2 is 1.29 bits per heavy atom. The van der Waals surface area contributed by atoms with Crippen LogP contribution in [0.5, 0.6) is 0 Å². The molecule has 3 nitrogen and oxygen atoms in total. The van der Waals surface area contributed by atoms with E-state index in [0.29, 0.717) is 6.04 Å². The summed E-state index contributed by atoms with van der Waals surface area (Å²) in [6.07, 6.45) is 4.18.